The van der Waals surface area contributed by atoms with Gasteiger partial charge in [0.25, 0.3) is 5.82 Å². The number of hydrogen-bond donors (Lipinski definition) is 0. The Morgan fingerprint density at radius 3 is 1.84 bits per heavy atom. The van der Waals surface area contributed by atoms with E-state index in [1.165, 1.54) is 78.2 Å². The molecule has 2 heteroatoms. The average molecular weight is 560 g/mol. The number of imidazole rings is 1. The molecule has 3 aliphatic carbocycles. The van der Waals surface area contributed by atoms with Crippen LogP contribution in [-0.2, 0) is 7.05 Å². The number of aryl methyl sites for hydroxylation is 2. The Kier molecular flexibility index (Phi) is 5.82. The van der Waals surface area contributed by atoms with Crippen molar-refractivity contribution in [2.24, 2.45) is 7.05 Å². The van der Waals surface area contributed by atoms with Gasteiger partial charge in [-0.1, -0.05) is 113 Å². The maximum absolute atomic E-state index is 2.63. The summed E-state index contributed by atoms with van der Waals surface area (Å²) in [7, 11) is 2.26. The Labute approximate surface area is 255 Å². The van der Waals surface area contributed by atoms with Crippen LogP contribution in [0.3, 0.4) is 0 Å². The van der Waals surface area contributed by atoms with Crippen LogP contribution < -0.4 is 4.57 Å². The van der Waals surface area contributed by atoms with Gasteiger partial charge in [0.05, 0.1) is 12.6 Å². The summed E-state index contributed by atoms with van der Waals surface area (Å²) in [6, 6.07) is 39.2. The largest absolute Gasteiger partial charge is 0.295 e. The van der Waals surface area contributed by atoms with Crippen molar-refractivity contribution in [3.05, 3.63) is 153 Å². The van der Waals surface area contributed by atoms with Crippen LogP contribution in [0.1, 0.15) is 101 Å². The third-order valence-electron chi connectivity index (χ3n) is 10.1. The van der Waals surface area contributed by atoms with E-state index in [2.05, 4.69) is 154 Å². The summed E-state index contributed by atoms with van der Waals surface area (Å²) in [5.74, 6) is 2.56. The smallest absolute Gasteiger partial charge is 0.225 e. The van der Waals surface area contributed by atoms with Gasteiger partial charge in [0.15, 0.2) is 11.0 Å². The van der Waals surface area contributed by atoms with Gasteiger partial charge in [-0.05, 0) is 75.9 Å². The van der Waals surface area contributed by atoms with Crippen LogP contribution in [0, 0.1) is 6.92 Å². The van der Waals surface area contributed by atoms with Crippen molar-refractivity contribution in [1.82, 2.24) is 4.57 Å². The van der Waals surface area contributed by atoms with E-state index in [0.29, 0.717) is 11.8 Å². The first-order valence-electron chi connectivity index (χ1n) is 15.8. The molecule has 0 saturated carbocycles. The lowest BCUT2D eigenvalue weighted by atomic mass is 9.61. The molecule has 0 atom stereocenters. The number of benzene rings is 5. The second-order valence-corrected chi connectivity index (χ2v) is 13.2. The fourth-order valence-corrected chi connectivity index (χ4v) is 8.06. The highest BCUT2D eigenvalue weighted by Gasteiger charge is 2.45. The molecule has 0 N–H and O–H groups in total. The summed E-state index contributed by atoms with van der Waals surface area (Å²) < 4.78 is 5.07. The molecule has 3 aliphatic rings. The Bertz CT molecular complexity index is 2020. The van der Waals surface area contributed by atoms with E-state index in [4.69, 9.17) is 0 Å². The topological polar surface area (TPSA) is 8.81 Å². The predicted molar refractivity (Wildman–Crippen MR) is 178 cm³/mol. The molecule has 6 aromatic rings. The highest BCUT2D eigenvalue weighted by Crippen LogP contribution is 2.57. The number of aromatic nitrogens is 2. The zero-order valence-electron chi connectivity index (χ0n) is 26.0. The van der Waals surface area contributed by atoms with Crippen molar-refractivity contribution in [3.8, 4) is 17.1 Å². The SMILES string of the molecule is Cc1ccccc1-c1n(-c2ccc(C(C)C)cc2C(C)C)c2c3c(ccc2[n+]1C)C1c2ccccc2C3c2ccccc21. The molecule has 0 radical (unpaired) electrons. The predicted octanol–water partition coefficient (Wildman–Crippen LogP) is 9.66. The maximum Gasteiger partial charge on any atom is 0.295 e. The quantitative estimate of drug-likeness (QED) is 0.190. The Hall–Kier alpha value is -4.43. The molecule has 0 fully saturated rings. The van der Waals surface area contributed by atoms with Crippen LogP contribution in [0.2, 0.25) is 0 Å². The van der Waals surface area contributed by atoms with Gasteiger partial charge in [-0.2, -0.15) is 4.57 Å². The molecule has 43 heavy (non-hydrogen) atoms. The molecule has 0 saturated heterocycles. The molecule has 0 aliphatic heterocycles. The van der Waals surface area contributed by atoms with Crippen molar-refractivity contribution < 1.29 is 4.57 Å². The third-order valence-corrected chi connectivity index (χ3v) is 10.1. The lowest BCUT2D eigenvalue weighted by Gasteiger charge is -2.41. The van der Waals surface area contributed by atoms with Gasteiger partial charge in [0, 0.05) is 23.0 Å². The van der Waals surface area contributed by atoms with Gasteiger partial charge < -0.3 is 0 Å². The molecule has 0 unspecified atom stereocenters. The van der Waals surface area contributed by atoms with Crippen molar-refractivity contribution in [1.29, 1.82) is 0 Å². The monoisotopic (exact) mass is 559 g/mol. The van der Waals surface area contributed by atoms with Gasteiger partial charge in [-0.25, -0.2) is 4.57 Å². The molecular weight excluding hydrogens is 520 g/mol. The van der Waals surface area contributed by atoms with Crippen molar-refractivity contribution in [3.63, 3.8) is 0 Å². The van der Waals surface area contributed by atoms with Gasteiger partial charge in [0.1, 0.15) is 5.69 Å². The fraction of sp³-hybridized carbons (Fsp3) is 0.244. The van der Waals surface area contributed by atoms with E-state index in [0.717, 1.165) is 0 Å². The average Bonchev–Trinajstić information content (AvgIpc) is 3.32. The second kappa shape index (κ2) is 9.54. The standard InChI is InChI=1S/C41H39N2/c1-24(2)27-19-21-35(34(23-27)25(3)4)43-40-36(42(6)41(43)28-14-8-7-13-26(28)5)22-20-33-37-29-15-9-11-17-31(29)38(39(33)40)32-18-12-10-16-30(32)37/h7-25,37-38H,1-6H3/q+1. The zero-order chi connectivity index (χ0) is 29.6. The lowest BCUT2D eigenvalue weighted by molar-refractivity contribution is -0.633. The fourth-order valence-electron chi connectivity index (χ4n) is 8.06. The van der Waals surface area contributed by atoms with Gasteiger partial charge in [0.2, 0.25) is 0 Å². The van der Waals surface area contributed by atoms with Crippen LogP contribution >= 0.6 is 0 Å². The summed E-state index contributed by atoms with van der Waals surface area (Å²) in [4.78, 5) is 0. The minimum atomic E-state index is 0.201. The Morgan fingerprint density at radius 2 is 1.23 bits per heavy atom. The Morgan fingerprint density at radius 1 is 0.628 bits per heavy atom. The summed E-state index contributed by atoms with van der Waals surface area (Å²) in [6.45, 7) is 11.5. The number of nitrogens with zero attached hydrogens (tertiary/aromatic N) is 2. The van der Waals surface area contributed by atoms with Crippen LogP contribution in [0.4, 0.5) is 0 Å². The molecule has 0 spiro atoms. The molecule has 2 bridgehead atoms. The second-order valence-electron chi connectivity index (χ2n) is 13.2. The number of fused-ring (bicyclic) bond motifs is 1. The number of hydrogen-bond acceptors (Lipinski definition) is 0. The van der Waals surface area contributed by atoms with Gasteiger partial charge >= 0.3 is 0 Å². The molecule has 9 rings (SSSR count). The van der Waals surface area contributed by atoms with E-state index in [9.17, 15) is 0 Å². The van der Waals surface area contributed by atoms with Crippen LogP contribution in [0.25, 0.3) is 28.1 Å². The lowest BCUT2D eigenvalue weighted by Crippen LogP contribution is -2.31. The van der Waals surface area contributed by atoms with E-state index in [1.54, 1.807) is 0 Å². The molecule has 1 heterocycles. The van der Waals surface area contributed by atoms with Crippen molar-refractivity contribution in [2.45, 2.75) is 58.3 Å². The first-order valence-corrected chi connectivity index (χ1v) is 15.8. The molecular formula is C41H39N2+. The third kappa shape index (κ3) is 3.62. The highest BCUT2D eigenvalue weighted by molar-refractivity contribution is 5.89. The van der Waals surface area contributed by atoms with Crippen molar-refractivity contribution >= 4 is 11.0 Å². The van der Waals surface area contributed by atoms with Gasteiger partial charge in [-0.3, -0.25) is 0 Å². The molecule has 1 aromatic heterocycles. The first-order chi connectivity index (χ1) is 20.9. The van der Waals surface area contributed by atoms with E-state index >= 15 is 0 Å². The molecule has 212 valence electrons. The normalized spacial score (nSPS) is 16.6. The summed E-state index contributed by atoms with van der Waals surface area (Å²) in [5, 5.41) is 0. The van der Waals surface area contributed by atoms with Gasteiger partial charge in [-0.15, -0.1) is 0 Å². The summed E-state index contributed by atoms with van der Waals surface area (Å²) in [5.41, 5.74) is 18.0. The van der Waals surface area contributed by atoms with E-state index in [1.807, 2.05) is 0 Å². The number of rotatable bonds is 4. The summed E-state index contributed by atoms with van der Waals surface area (Å²) >= 11 is 0. The zero-order valence-corrected chi connectivity index (χ0v) is 26.0. The van der Waals surface area contributed by atoms with Crippen LogP contribution in [-0.4, -0.2) is 4.57 Å². The van der Waals surface area contributed by atoms with E-state index in [-0.39, 0.29) is 11.8 Å². The van der Waals surface area contributed by atoms with Crippen molar-refractivity contribution in [2.75, 3.05) is 0 Å². The van der Waals surface area contributed by atoms with Crippen LogP contribution in [0.15, 0.2) is 103 Å². The first kappa shape index (κ1) is 26.2. The van der Waals surface area contributed by atoms with Crippen LogP contribution in [0.5, 0.6) is 0 Å². The summed E-state index contributed by atoms with van der Waals surface area (Å²) in [6.07, 6.45) is 0. The van der Waals surface area contributed by atoms with E-state index < -0.39 is 0 Å². The maximum atomic E-state index is 2.63. The Balaban J connectivity index is 1.55. The minimum Gasteiger partial charge on any atom is -0.225 e. The molecule has 0 amide bonds. The highest BCUT2D eigenvalue weighted by atomic mass is 15.2. The molecule has 5 aromatic carbocycles. The molecule has 2 nitrogen and oxygen atoms in total. The minimum absolute atomic E-state index is 0.201.